The van der Waals surface area contributed by atoms with Crippen LogP contribution in [0.5, 0.6) is 0 Å². The van der Waals surface area contributed by atoms with Gasteiger partial charge in [0.15, 0.2) is 0 Å². The van der Waals surface area contributed by atoms with Gasteiger partial charge in [0.2, 0.25) is 0 Å². The topological polar surface area (TPSA) is 6.48 Å². The molecule has 12 rings (SSSR count). The lowest BCUT2D eigenvalue weighted by Crippen LogP contribution is -2.26. The van der Waals surface area contributed by atoms with Crippen LogP contribution in [0.15, 0.2) is 243 Å². The molecule has 0 saturated carbocycles. The molecule has 286 valence electrons. The molecule has 1 spiro atoms. The third kappa shape index (κ3) is 5.22. The standard InChI is InChI=1S/C59H40N2/c1-5-22-41(23-6-1)45-30-17-20-38-54(45)61(44-28-11-4-12-29-44)55-39-21-37-52-58(55)49-34-16-19-36-51(49)59(52)50-35-18-15-33-48(50)57-47-32-14-13-31-46(47)56(40-53(57)59)60(42-24-7-2-8-25-42)43-26-9-3-10-27-43/h1-40H. The second-order valence-electron chi connectivity index (χ2n) is 16.0. The van der Waals surface area contributed by atoms with E-state index in [-0.39, 0.29) is 0 Å². The van der Waals surface area contributed by atoms with Crippen molar-refractivity contribution in [2.45, 2.75) is 5.41 Å². The van der Waals surface area contributed by atoms with E-state index >= 15 is 0 Å². The fourth-order valence-corrected chi connectivity index (χ4v) is 10.5. The fraction of sp³-hybridized carbons (Fsp3) is 0.0169. The molecule has 0 bridgehead atoms. The van der Waals surface area contributed by atoms with Crippen molar-refractivity contribution >= 4 is 44.9 Å². The Kier molecular flexibility index (Phi) is 8.11. The van der Waals surface area contributed by atoms with Gasteiger partial charge in [0, 0.05) is 33.6 Å². The molecule has 2 heteroatoms. The van der Waals surface area contributed by atoms with Gasteiger partial charge in [-0.2, -0.15) is 0 Å². The van der Waals surface area contributed by atoms with Crippen LogP contribution in [0.4, 0.5) is 34.1 Å². The summed E-state index contributed by atoms with van der Waals surface area (Å²) in [6, 6.07) is 89.0. The van der Waals surface area contributed by atoms with Crippen LogP contribution in [-0.4, -0.2) is 0 Å². The summed E-state index contributed by atoms with van der Waals surface area (Å²) >= 11 is 0. The molecule has 2 nitrogen and oxygen atoms in total. The highest BCUT2D eigenvalue weighted by molar-refractivity contribution is 6.13. The van der Waals surface area contributed by atoms with Crippen molar-refractivity contribution in [2.75, 3.05) is 9.80 Å². The largest absolute Gasteiger partial charge is 0.310 e. The number of para-hydroxylation sites is 4. The lowest BCUT2D eigenvalue weighted by Gasteiger charge is -2.34. The van der Waals surface area contributed by atoms with E-state index < -0.39 is 5.41 Å². The van der Waals surface area contributed by atoms with Crippen LogP contribution in [-0.2, 0) is 5.41 Å². The number of nitrogens with zero attached hydrogens (tertiary/aromatic N) is 2. The van der Waals surface area contributed by atoms with Gasteiger partial charge >= 0.3 is 0 Å². The summed E-state index contributed by atoms with van der Waals surface area (Å²) in [5.41, 5.74) is 18.9. The van der Waals surface area contributed by atoms with Crippen LogP contribution >= 0.6 is 0 Å². The number of rotatable bonds is 7. The molecular weight excluding hydrogens is 737 g/mol. The molecule has 0 aliphatic heterocycles. The van der Waals surface area contributed by atoms with Gasteiger partial charge < -0.3 is 9.80 Å². The van der Waals surface area contributed by atoms with Gasteiger partial charge in [-0.15, -0.1) is 0 Å². The number of anilines is 6. The summed E-state index contributed by atoms with van der Waals surface area (Å²) < 4.78 is 0. The second kappa shape index (κ2) is 14.1. The normalized spacial score (nSPS) is 14.3. The summed E-state index contributed by atoms with van der Waals surface area (Å²) in [4.78, 5) is 4.92. The Labute approximate surface area is 356 Å². The average Bonchev–Trinajstić information content (AvgIpc) is 3.81. The molecule has 1 atom stereocenters. The highest BCUT2D eigenvalue weighted by Crippen LogP contribution is 2.66. The summed E-state index contributed by atoms with van der Waals surface area (Å²) in [6.45, 7) is 0. The van der Waals surface area contributed by atoms with E-state index in [1.807, 2.05) is 0 Å². The molecular formula is C59H40N2. The van der Waals surface area contributed by atoms with Crippen LogP contribution in [0.3, 0.4) is 0 Å². The summed E-state index contributed by atoms with van der Waals surface area (Å²) in [5, 5.41) is 2.47. The van der Waals surface area contributed by atoms with E-state index in [0.717, 1.165) is 34.1 Å². The van der Waals surface area contributed by atoms with Crippen molar-refractivity contribution < 1.29 is 0 Å². The molecule has 0 N–H and O–H groups in total. The number of hydrogen-bond acceptors (Lipinski definition) is 2. The molecule has 0 heterocycles. The maximum absolute atomic E-state index is 2.52. The zero-order valence-electron chi connectivity index (χ0n) is 33.5. The fourth-order valence-electron chi connectivity index (χ4n) is 10.5. The Hall–Kier alpha value is -7.94. The maximum Gasteiger partial charge on any atom is 0.0727 e. The van der Waals surface area contributed by atoms with Crippen LogP contribution < -0.4 is 9.80 Å². The second-order valence-corrected chi connectivity index (χ2v) is 16.0. The van der Waals surface area contributed by atoms with Gasteiger partial charge in [-0.3, -0.25) is 0 Å². The predicted octanol–water partition coefficient (Wildman–Crippen LogP) is 15.8. The van der Waals surface area contributed by atoms with Crippen molar-refractivity contribution in [1.82, 2.24) is 0 Å². The Morgan fingerprint density at radius 1 is 0.262 bits per heavy atom. The van der Waals surface area contributed by atoms with Crippen molar-refractivity contribution in [2.24, 2.45) is 0 Å². The molecule has 2 aliphatic rings. The van der Waals surface area contributed by atoms with E-state index in [9.17, 15) is 0 Å². The van der Waals surface area contributed by atoms with E-state index in [0.29, 0.717) is 0 Å². The highest BCUT2D eigenvalue weighted by atomic mass is 15.2. The quantitative estimate of drug-likeness (QED) is 0.159. The first-order valence-corrected chi connectivity index (χ1v) is 21.1. The zero-order chi connectivity index (χ0) is 40.3. The summed E-state index contributed by atoms with van der Waals surface area (Å²) in [6.07, 6.45) is 0. The smallest absolute Gasteiger partial charge is 0.0727 e. The Bertz CT molecular complexity index is 3210. The highest BCUT2D eigenvalue weighted by Gasteiger charge is 2.53. The minimum atomic E-state index is -0.590. The Morgan fingerprint density at radius 3 is 1.33 bits per heavy atom. The first kappa shape index (κ1) is 35.0. The van der Waals surface area contributed by atoms with Gasteiger partial charge in [-0.1, -0.05) is 188 Å². The average molecular weight is 777 g/mol. The Balaban J connectivity index is 1.20. The van der Waals surface area contributed by atoms with E-state index in [1.54, 1.807) is 0 Å². The zero-order valence-corrected chi connectivity index (χ0v) is 33.5. The van der Waals surface area contributed by atoms with Crippen molar-refractivity contribution in [3.8, 4) is 33.4 Å². The maximum atomic E-state index is 2.52. The SMILES string of the molecule is c1ccc(-c2ccccc2N(c2ccccc2)c2cccc3c2-c2ccccc2C32c3ccccc3-c3c2cc(N(c2ccccc2)c2ccccc2)c2ccccc32)cc1. The summed E-state index contributed by atoms with van der Waals surface area (Å²) in [7, 11) is 0. The van der Waals surface area contributed by atoms with E-state index in [2.05, 4.69) is 252 Å². The third-order valence-electron chi connectivity index (χ3n) is 12.8. The molecule has 0 amide bonds. The van der Waals surface area contributed by atoms with Crippen LogP contribution in [0.1, 0.15) is 22.3 Å². The van der Waals surface area contributed by atoms with E-state index in [4.69, 9.17) is 0 Å². The van der Waals surface area contributed by atoms with Crippen molar-refractivity contribution in [3.05, 3.63) is 265 Å². The van der Waals surface area contributed by atoms with Gasteiger partial charge in [0.25, 0.3) is 0 Å². The number of fused-ring (bicyclic) bond motifs is 12. The molecule has 2 aliphatic carbocycles. The molecule has 0 aromatic heterocycles. The minimum Gasteiger partial charge on any atom is -0.310 e. The molecule has 61 heavy (non-hydrogen) atoms. The minimum absolute atomic E-state index is 0.590. The first-order chi connectivity index (χ1) is 30.3. The van der Waals surface area contributed by atoms with Gasteiger partial charge in [-0.05, 0) is 104 Å². The van der Waals surface area contributed by atoms with Gasteiger partial charge in [-0.25, -0.2) is 0 Å². The number of benzene rings is 10. The van der Waals surface area contributed by atoms with Gasteiger partial charge in [0.1, 0.15) is 0 Å². The monoisotopic (exact) mass is 776 g/mol. The summed E-state index contributed by atoms with van der Waals surface area (Å²) in [5.74, 6) is 0. The Morgan fingerprint density at radius 2 is 0.705 bits per heavy atom. The van der Waals surface area contributed by atoms with Crippen molar-refractivity contribution in [1.29, 1.82) is 0 Å². The van der Waals surface area contributed by atoms with Crippen LogP contribution in [0.25, 0.3) is 44.2 Å². The van der Waals surface area contributed by atoms with Crippen LogP contribution in [0, 0.1) is 0 Å². The van der Waals surface area contributed by atoms with Crippen LogP contribution in [0.2, 0.25) is 0 Å². The third-order valence-corrected chi connectivity index (χ3v) is 12.8. The molecule has 0 fully saturated rings. The number of hydrogen-bond donors (Lipinski definition) is 0. The predicted molar refractivity (Wildman–Crippen MR) is 255 cm³/mol. The molecule has 10 aromatic rings. The lowest BCUT2D eigenvalue weighted by atomic mass is 9.70. The molecule has 10 aromatic carbocycles. The molecule has 0 saturated heterocycles. The lowest BCUT2D eigenvalue weighted by molar-refractivity contribution is 0.794. The van der Waals surface area contributed by atoms with E-state index in [1.165, 1.54) is 66.4 Å². The molecule has 0 radical (unpaired) electrons. The van der Waals surface area contributed by atoms with Gasteiger partial charge in [0.05, 0.1) is 22.5 Å². The first-order valence-electron chi connectivity index (χ1n) is 21.1. The van der Waals surface area contributed by atoms with Crippen molar-refractivity contribution in [3.63, 3.8) is 0 Å². The molecule has 1 unspecified atom stereocenters.